The van der Waals surface area contributed by atoms with E-state index in [4.69, 9.17) is 4.74 Å². The number of amides is 2. The number of ether oxygens (including phenoxy) is 1. The van der Waals surface area contributed by atoms with Gasteiger partial charge >= 0.3 is 5.97 Å². The van der Waals surface area contributed by atoms with Crippen LogP contribution in [-0.4, -0.2) is 30.4 Å². The number of nitrogens with one attached hydrogen (secondary N) is 1. The number of imide groups is 1. The summed E-state index contributed by atoms with van der Waals surface area (Å²) >= 11 is 0. The Kier molecular flexibility index (Phi) is 5.61. The van der Waals surface area contributed by atoms with Crippen molar-refractivity contribution in [3.8, 4) is 0 Å². The molecule has 1 aliphatic rings. The van der Waals surface area contributed by atoms with Crippen LogP contribution in [-0.2, 0) is 20.9 Å². The second-order valence-corrected chi connectivity index (χ2v) is 6.10. The van der Waals surface area contributed by atoms with Gasteiger partial charge in [-0.05, 0) is 48.9 Å². The predicted molar refractivity (Wildman–Crippen MR) is 96.5 cm³/mol. The summed E-state index contributed by atoms with van der Waals surface area (Å²) in [7, 11) is 0. The van der Waals surface area contributed by atoms with Gasteiger partial charge in [0.15, 0.2) is 0 Å². The Hall–Kier alpha value is -3.06. The van der Waals surface area contributed by atoms with Gasteiger partial charge in [-0.1, -0.05) is 12.1 Å². The second kappa shape index (κ2) is 8.09. The van der Waals surface area contributed by atoms with Gasteiger partial charge in [-0.3, -0.25) is 9.59 Å². The normalized spacial score (nSPS) is 16.7. The van der Waals surface area contributed by atoms with Gasteiger partial charge in [0.1, 0.15) is 5.82 Å². The van der Waals surface area contributed by atoms with E-state index in [9.17, 15) is 18.8 Å². The van der Waals surface area contributed by atoms with E-state index in [1.807, 2.05) is 0 Å². The maximum atomic E-state index is 12.9. The number of esters is 1. The van der Waals surface area contributed by atoms with Crippen LogP contribution in [0.5, 0.6) is 0 Å². The number of carbonyl (C=O) groups is 3. The number of benzene rings is 2. The lowest BCUT2D eigenvalue weighted by Crippen LogP contribution is -2.38. The van der Waals surface area contributed by atoms with Gasteiger partial charge in [-0.25, -0.2) is 14.1 Å². The maximum absolute atomic E-state index is 12.9. The van der Waals surface area contributed by atoms with Crippen LogP contribution in [0.1, 0.15) is 29.3 Å². The fourth-order valence-electron chi connectivity index (χ4n) is 2.87. The molecule has 1 N–H and O–H groups in total. The van der Waals surface area contributed by atoms with Crippen molar-refractivity contribution in [3.05, 3.63) is 65.5 Å². The summed E-state index contributed by atoms with van der Waals surface area (Å²) in [5.74, 6) is -1.46. The molecule has 6 nitrogen and oxygen atoms in total. The zero-order valence-electron chi connectivity index (χ0n) is 14.8. The molecule has 7 heteroatoms. The fourth-order valence-corrected chi connectivity index (χ4v) is 2.87. The molecule has 2 aromatic carbocycles. The highest BCUT2D eigenvalue weighted by Crippen LogP contribution is 2.23. The molecule has 1 unspecified atom stereocenters. The van der Waals surface area contributed by atoms with Crippen LogP contribution in [0.4, 0.5) is 10.1 Å². The van der Waals surface area contributed by atoms with Gasteiger partial charge in [0, 0.05) is 6.54 Å². The average Bonchev–Trinajstić information content (AvgIpc) is 2.95. The number of carbonyl (C=O) groups excluding carboxylic acids is 3. The Balaban J connectivity index is 1.66. The highest BCUT2D eigenvalue weighted by molar-refractivity contribution is 6.22. The van der Waals surface area contributed by atoms with E-state index in [0.717, 1.165) is 10.5 Å². The van der Waals surface area contributed by atoms with Crippen molar-refractivity contribution in [3.63, 3.8) is 0 Å². The van der Waals surface area contributed by atoms with Crippen LogP contribution in [0.15, 0.2) is 48.5 Å². The minimum Gasteiger partial charge on any atom is -0.462 e. The van der Waals surface area contributed by atoms with E-state index in [1.165, 1.54) is 24.3 Å². The van der Waals surface area contributed by atoms with Gasteiger partial charge in [0.25, 0.3) is 5.91 Å². The molecule has 2 aromatic rings. The maximum Gasteiger partial charge on any atom is 0.338 e. The predicted octanol–water partition coefficient (Wildman–Crippen LogP) is 2.42. The first-order chi connectivity index (χ1) is 13.0. The van der Waals surface area contributed by atoms with E-state index >= 15 is 0 Å². The number of rotatable bonds is 6. The van der Waals surface area contributed by atoms with Crippen molar-refractivity contribution in [2.24, 2.45) is 0 Å². The molecule has 0 spiro atoms. The number of nitrogens with zero attached hydrogens (tertiary/aromatic N) is 1. The monoisotopic (exact) mass is 370 g/mol. The number of halogens is 1. The molecule has 0 radical (unpaired) electrons. The number of hydrogen-bond donors (Lipinski definition) is 1. The van der Waals surface area contributed by atoms with Gasteiger partial charge in [0.2, 0.25) is 5.91 Å². The molecule has 1 saturated heterocycles. The largest absolute Gasteiger partial charge is 0.462 e. The van der Waals surface area contributed by atoms with Crippen molar-refractivity contribution in [1.29, 1.82) is 0 Å². The average molecular weight is 370 g/mol. The summed E-state index contributed by atoms with van der Waals surface area (Å²) in [4.78, 5) is 37.7. The summed E-state index contributed by atoms with van der Waals surface area (Å²) in [6.07, 6.45) is 0.0413. The zero-order valence-corrected chi connectivity index (χ0v) is 14.8. The van der Waals surface area contributed by atoms with Crippen LogP contribution in [0.2, 0.25) is 0 Å². The van der Waals surface area contributed by atoms with Crippen molar-refractivity contribution >= 4 is 23.5 Å². The lowest BCUT2D eigenvalue weighted by molar-refractivity contribution is -0.121. The molecule has 0 aromatic heterocycles. The third-order valence-electron chi connectivity index (χ3n) is 4.25. The Bertz CT molecular complexity index is 849. The molecular formula is C20H19FN2O4. The standard InChI is InChI=1S/C20H19FN2O4/c1-2-27-20(26)14-5-9-16(10-6-14)23-18(24)11-17(19(23)25)22-12-13-3-7-15(21)8-4-13/h3-10,17,22H,2,11-12H2,1H3. The van der Waals surface area contributed by atoms with Crippen molar-refractivity contribution in [2.75, 3.05) is 11.5 Å². The highest BCUT2D eigenvalue weighted by atomic mass is 19.1. The van der Waals surface area contributed by atoms with Gasteiger partial charge in [-0.15, -0.1) is 0 Å². The summed E-state index contributed by atoms with van der Waals surface area (Å²) < 4.78 is 17.9. The molecule has 1 aliphatic heterocycles. The van der Waals surface area contributed by atoms with Gasteiger partial charge in [-0.2, -0.15) is 0 Å². The Labute approximate surface area is 155 Å². The van der Waals surface area contributed by atoms with E-state index < -0.39 is 12.0 Å². The SMILES string of the molecule is CCOC(=O)c1ccc(N2C(=O)CC(NCc3ccc(F)cc3)C2=O)cc1. The summed E-state index contributed by atoms with van der Waals surface area (Å²) in [6.45, 7) is 2.33. The van der Waals surface area contributed by atoms with Crippen molar-refractivity contribution in [2.45, 2.75) is 25.9 Å². The van der Waals surface area contributed by atoms with E-state index in [-0.39, 0.29) is 30.7 Å². The molecule has 3 rings (SSSR count). The van der Waals surface area contributed by atoms with E-state index in [1.54, 1.807) is 31.2 Å². The Morgan fingerprint density at radius 2 is 1.81 bits per heavy atom. The van der Waals surface area contributed by atoms with Crippen LogP contribution < -0.4 is 10.2 Å². The van der Waals surface area contributed by atoms with Crippen LogP contribution in [0.3, 0.4) is 0 Å². The molecule has 27 heavy (non-hydrogen) atoms. The molecule has 0 bridgehead atoms. The molecule has 0 aliphatic carbocycles. The lowest BCUT2D eigenvalue weighted by Gasteiger charge is -2.16. The smallest absolute Gasteiger partial charge is 0.338 e. The minimum atomic E-state index is -0.646. The third kappa shape index (κ3) is 4.20. The molecule has 0 saturated carbocycles. The fraction of sp³-hybridized carbons (Fsp3) is 0.250. The summed E-state index contributed by atoms with van der Waals surface area (Å²) in [5, 5.41) is 3.04. The number of hydrogen-bond acceptors (Lipinski definition) is 5. The first-order valence-corrected chi connectivity index (χ1v) is 8.61. The molecular weight excluding hydrogens is 351 g/mol. The molecule has 2 amide bonds. The molecule has 1 heterocycles. The summed E-state index contributed by atoms with van der Waals surface area (Å²) in [5.41, 5.74) is 1.57. The topological polar surface area (TPSA) is 75.7 Å². The summed E-state index contributed by atoms with van der Waals surface area (Å²) in [6, 6.07) is 11.4. The van der Waals surface area contributed by atoms with E-state index in [2.05, 4.69) is 5.32 Å². The van der Waals surface area contributed by atoms with E-state index in [0.29, 0.717) is 17.8 Å². The Morgan fingerprint density at radius 3 is 2.44 bits per heavy atom. The molecule has 1 fully saturated rings. The lowest BCUT2D eigenvalue weighted by atomic mass is 10.2. The van der Waals surface area contributed by atoms with Crippen LogP contribution in [0.25, 0.3) is 0 Å². The van der Waals surface area contributed by atoms with Crippen molar-refractivity contribution < 1.29 is 23.5 Å². The van der Waals surface area contributed by atoms with Gasteiger partial charge < -0.3 is 10.1 Å². The quantitative estimate of drug-likeness (QED) is 0.624. The zero-order chi connectivity index (χ0) is 19.4. The van der Waals surface area contributed by atoms with Crippen LogP contribution >= 0.6 is 0 Å². The van der Waals surface area contributed by atoms with Gasteiger partial charge in [0.05, 0.1) is 30.3 Å². The molecule has 140 valence electrons. The second-order valence-electron chi connectivity index (χ2n) is 6.10. The number of anilines is 1. The third-order valence-corrected chi connectivity index (χ3v) is 4.25. The highest BCUT2D eigenvalue weighted by Gasteiger charge is 2.39. The first-order valence-electron chi connectivity index (χ1n) is 8.61. The van der Waals surface area contributed by atoms with Crippen LogP contribution in [0, 0.1) is 5.82 Å². The minimum absolute atomic E-state index is 0.0413. The molecule has 1 atom stereocenters. The first kappa shape index (κ1) is 18.7. The Morgan fingerprint density at radius 1 is 1.15 bits per heavy atom. The van der Waals surface area contributed by atoms with Crippen molar-refractivity contribution in [1.82, 2.24) is 5.32 Å².